The average Bonchev–Trinajstić information content (AvgIpc) is 3.68. The number of nitrogens with zero attached hydrogens (tertiary/aromatic N) is 3. The molecule has 0 atom stereocenters. The molecule has 0 saturated carbocycles. The molecule has 0 fully saturated rings. The summed E-state index contributed by atoms with van der Waals surface area (Å²) in [6.45, 7) is 4.91. The molecule has 0 N–H and O–H groups in total. The maximum atomic E-state index is 6.48. The Morgan fingerprint density at radius 2 is 0.750 bits per heavy atom. The molecule has 246 valence electrons. The molecule has 0 spiro atoms. The molecular weight excluding hydrogens is 651 g/mol. The van der Waals surface area contributed by atoms with Crippen LogP contribution in [-0.2, 0) is 0 Å². The van der Waals surface area contributed by atoms with Crippen LogP contribution in [0.25, 0.3) is 89.5 Å². The van der Waals surface area contributed by atoms with Gasteiger partial charge in [0, 0.05) is 27.5 Å². The lowest BCUT2D eigenvalue weighted by atomic mass is 9.99. The van der Waals surface area contributed by atoms with Gasteiger partial charge in [-0.3, -0.25) is 0 Å². The number of furan rings is 1. The van der Waals surface area contributed by atoms with Crippen LogP contribution in [0, 0.1) is 0 Å². The summed E-state index contributed by atoms with van der Waals surface area (Å²) < 4.78 is 6.48. The lowest BCUT2D eigenvalue weighted by Gasteiger charge is -2.20. The summed E-state index contributed by atoms with van der Waals surface area (Å²) in [7, 11) is -2.02. The molecule has 0 amide bonds. The third-order valence-corrected chi connectivity index (χ3v) is 14.1. The smallest absolute Gasteiger partial charge is 0.164 e. The first kappa shape index (κ1) is 30.4. The van der Waals surface area contributed by atoms with E-state index in [1.54, 1.807) is 0 Å². The summed E-state index contributed by atoms with van der Waals surface area (Å²) in [6.07, 6.45) is 0. The number of hydrogen-bond acceptors (Lipinski definition) is 4. The second-order valence-electron chi connectivity index (χ2n) is 14.1. The fourth-order valence-corrected chi connectivity index (χ4v) is 10.9. The SMILES string of the molecule is C[Si]1(C)c2cc(-c3ccccc3)ccc2-c2ccc(-c3nc(-c4ccccc4)nc(-c4ccc5c(c4)oc4cc(-c6ccccc6)ccc45)n3)cc21. The normalized spacial score (nSPS) is 13.0. The Hall–Kier alpha value is -6.43. The second-order valence-corrected chi connectivity index (χ2v) is 18.4. The quantitative estimate of drug-likeness (QED) is 0.169. The third kappa shape index (κ3) is 5.01. The standard InChI is InChI=1S/C47H33N3OSi/c1-52(2)43-28-34(31-14-8-4-9-15-31)19-24-39(43)40-25-21-36(29-44(40)52)47-49-45(32-16-10-5-11-17-32)48-46(50-47)35-20-23-38-37-22-18-33(30-12-6-3-7-13-30)26-41(37)51-42(38)27-35/h3-29H,1-2H3. The Morgan fingerprint density at radius 3 is 1.31 bits per heavy atom. The molecule has 3 heterocycles. The first-order chi connectivity index (χ1) is 25.5. The molecule has 1 aliphatic rings. The summed E-state index contributed by atoms with van der Waals surface area (Å²) >= 11 is 0. The molecule has 5 heteroatoms. The number of rotatable bonds is 5. The van der Waals surface area contributed by atoms with Crippen LogP contribution >= 0.6 is 0 Å². The Labute approximate surface area is 303 Å². The Kier molecular flexibility index (Phi) is 6.91. The van der Waals surface area contributed by atoms with Gasteiger partial charge in [-0.2, -0.15) is 0 Å². The number of benzene rings is 7. The van der Waals surface area contributed by atoms with Crippen LogP contribution in [0.1, 0.15) is 0 Å². The fourth-order valence-electron chi connectivity index (χ4n) is 7.76. The van der Waals surface area contributed by atoms with Crippen LogP contribution in [0.5, 0.6) is 0 Å². The highest BCUT2D eigenvalue weighted by Gasteiger charge is 2.38. The molecule has 10 rings (SSSR count). The first-order valence-corrected chi connectivity index (χ1v) is 20.7. The van der Waals surface area contributed by atoms with Crippen LogP contribution in [0.15, 0.2) is 168 Å². The van der Waals surface area contributed by atoms with Crippen molar-refractivity contribution < 1.29 is 4.42 Å². The fraction of sp³-hybridized carbons (Fsp3) is 0.0426. The molecule has 2 aromatic heterocycles. The molecule has 0 saturated heterocycles. The van der Waals surface area contributed by atoms with Gasteiger partial charge >= 0.3 is 0 Å². The van der Waals surface area contributed by atoms with E-state index in [0.29, 0.717) is 17.5 Å². The minimum absolute atomic E-state index is 0.615. The van der Waals surface area contributed by atoms with E-state index in [1.165, 1.54) is 32.6 Å². The monoisotopic (exact) mass is 683 g/mol. The van der Waals surface area contributed by atoms with Gasteiger partial charge in [0.25, 0.3) is 0 Å². The minimum atomic E-state index is -2.02. The van der Waals surface area contributed by atoms with E-state index >= 15 is 0 Å². The molecule has 0 radical (unpaired) electrons. The third-order valence-electron chi connectivity index (χ3n) is 10.5. The molecule has 0 aliphatic carbocycles. The molecule has 0 bridgehead atoms. The Balaban J connectivity index is 1.08. The van der Waals surface area contributed by atoms with E-state index in [-0.39, 0.29) is 0 Å². The maximum Gasteiger partial charge on any atom is 0.164 e. The second kappa shape index (κ2) is 11.8. The van der Waals surface area contributed by atoms with Gasteiger partial charge in [-0.15, -0.1) is 0 Å². The average molecular weight is 684 g/mol. The number of fused-ring (bicyclic) bond motifs is 6. The molecule has 9 aromatic rings. The predicted octanol–water partition coefficient (Wildman–Crippen LogP) is 10.9. The van der Waals surface area contributed by atoms with Crippen LogP contribution in [0.4, 0.5) is 0 Å². The van der Waals surface area contributed by atoms with Gasteiger partial charge in [-0.05, 0) is 68.0 Å². The highest BCUT2D eigenvalue weighted by molar-refractivity contribution is 7.03. The van der Waals surface area contributed by atoms with Crippen LogP contribution in [0.2, 0.25) is 13.1 Å². The molecule has 4 nitrogen and oxygen atoms in total. The summed E-state index contributed by atoms with van der Waals surface area (Å²) in [6, 6.07) is 57.7. The van der Waals surface area contributed by atoms with E-state index in [1.807, 2.05) is 24.3 Å². The Morgan fingerprint density at radius 1 is 0.365 bits per heavy atom. The van der Waals surface area contributed by atoms with E-state index in [4.69, 9.17) is 19.4 Å². The first-order valence-electron chi connectivity index (χ1n) is 17.7. The lowest BCUT2D eigenvalue weighted by molar-refractivity contribution is 0.669. The molecular formula is C47H33N3OSi. The van der Waals surface area contributed by atoms with Gasteiger partial charge in [-0.25, -0.2) is 15.0 Å². The van der Waals surface area contributed by atoms with Crippen molar-refractivity contribution >= 4 is 40.4 Å². The lowest BCUT2D eigenvalue weighted by Crippen LogP contribution is -2.49. The molecule has 52 heavy (non-hydrogen) atoms. The van der Waals surface area contributed by atoms with Crippen LogP contribution in [-0.4, -0.2) is 23.0 Å². The van der Waals surface area contributed by atoms with E-state index in [2.05, 4.69) is 153 Å². The van der Waals surface area contributed by atoms with Crippen molar-refractivity contribution in [2.24, 2.45) is 0 Å². The van der Waals surface area contributed by atoms with Gasteiger partial charge in [0.1, 0.15) is 19.2 Å². The predicted molar refractivity (Wildman–Crippen MR) is 216 cm³/mol. The van der Waals surface area contributed by atoms with Crippen molar-refractivity contribution in [3.05, 3.63) is 164 Å². The van der Waals surface area contributed by atoms with E-state index < -0.39 is 8.07 Å². The van der Waals surface area contributed by atoms with Crippen molar-refractivity contribution in [1.82, 2.24) is 15.0 Å². The largest absolute Gasteiger partial charge is 0.456 e. The molecule has 0 unspecified atom stereocenters. The topological polar surface area (TPSA) is 51.8 Å². The zero-order valence-electron chi connectivity index (χ0n) is 28.8. The summed E-state index contributed by atoms with van der Waals surface area (Å²) in [4.78, 5) is 15.3. The van der Waals surface area contributed by atoms with Gasteiger partial charge in [0.05, 0.1) is 0 Å². The van der Waals surface area contributed by atoms with Crippen molar-refractivity contribution in [3.8, 4) is 67.5 Å². The van der Waals surface area contributed by atoms with Crippen molar-refractivity contribution in [3.63, 3.8) is 0 Å². The minimum Gasteiger partial charge on any atom is -0.456 e. The van der Waals surface area contributed by atoms with E-state index in [9.17, 15) is 0 Å². The Bertz CT molecular complexity index is 2810. The van der Waals surface area contributed by atoms with Gasteiger partial charge < -0.3 is 4.42 Å². The maximum absolute atomic E-state index is 6.48. The van der Waals surface area contributed by atoms with Crippen molar-refractivity contribution in [2.45, 2.75) is 13.1 Å². The van der Waals surface area contributed by atoms with E-state index in [0.717, 1.165) is 49.8 Å². The summed E-state index contributed by atoms with van der Waals surface area (Å²) in [5, 5.41) is 5.03. The van der Waals surface area contributed by atoms with Crippen molar-refractivity contribution in [1.29, 1.82) is 0 Å². The number of hydrogen-bond donors (Lipinski definition) is 0. The summed E-state index contributed by atoms with van der Waals surface area (Å²) in [5.74, 6) is 1.92. The van der Waals surface area contributed by atoms with Gasteiger partial charge in [0.2, 0.25) is 0 Å². The van der Waals surface area contributed by atoms with Crippen LogP contribution < -0.4 is 10.4 Å². The van der Waals surface area contributed by atoms with Gasteiger partial charge in [-0.1, -0.05) is 153 Å². The zero-order valence-corrected chi connectivity index (χ0v) is 29.8. The van der Waals surface area contributed by atoms with Gasteiger partial charge in [0.15, 0.2) is 17.5 Å². The highest BCUT2D eigenvalue weighted by atomic mass is 28.3. The zero-order chi connectivity index (χ0) is 34.8. The molecule has 7 aromatic carbocycles. The molecule has 1 aliphatic heterocycles. The number of aromatic nitrogens is 3. The highest BCUT2D eigenvalue weighted by Crippen LogP contribution is 2.36. The van der Waals surface area contributed by atoms with Crippen LogP contribution in [0.3, 0.4) is 0 Å². The summed E-state index contributed by atoms with van der Waals surface area (Å²) in [5.41, 5.74) is 11.9. The van der Waals surface area contributed by atoms with Crippen molar-refractivity contribution in [2.75, 3.05) is 0 Å².